The molecule has 1 aromatic rings. The topological polar surface area (TPSA) is 88.7 Å². The van der Waals surface area contributed by atoms with Crippen LogP contribution in [0.3, 0.4) is 0 Å². The summed E-state index contributed by atoms with van der Waals surface area (Å²) in [6, 6.07) is 4.97. The third kappa shape index (κ3) is 5.54. The Labute approximate surface area is 158 Å². The van der Waals surface area contributed by atoms with E-state index in [2.05, 4.69) is 26.4 Å². The SMILES string of the molecule is O=C(NNc1ccc(F)cc1)C1CCCN1C(=O)NCCN1CCNCC1. The molecule has 0 aromatic heterocycles. The zero-order chi connectivity index (χ0) is 19.1. The summed E-state index contributed by atoms with van der Waals surface area (Å²) < 4.78 is 12.9. The van der Waals surface area contributed by atoms with Gasteiger partial charge in [0.15, 0.2) is 0 Å². The van der Waals surface area contributed by atoms with Crippen LogP contribution in [0.15, 0.2) is 24.3 Å². The number of urea groups is 1. The molecule has 2 saturated heterocycles. The first-order valence-electron chi connectivity index (χ1n) is 9.42. The Bertz CT molecular complexity index is 635. The number of likely N-dealkylation sites (tertiary alicyclic amines) is 1. The van der Waals surface area contributed by atoms with Gasteiger partial charge in [0.05, 0.1) is 5.69 Å². The minimum absolute atomic E-state index is 0.204. The number of hydrazine groups is 1. The number of halogens is 1. The van der Waals surface area contributed by atoms with Gasteiger partial charge in [0.2, 0.25) is 0 Å². The van der Waals surface area contributed by atoms with Crippen molar-refractivity contribution >= 4 is 17.6 Å². The first kappa shape index (κ1) is 19.4. The maximum absolute atomic E-state index is 12.9. The zero-order valence-corrected chi connectivity index (χ0v) is 15.3. The highest BCUT2D eigenvalue weighted by Crippen LogP contribution is 2.17. The highest BCUT2D eigenvalue weighted by Gasteiger charge is 2.34. The van der Waals surface area contributed by atoms with Crippen molar-refractivity contribution in [3.05, 3.63) is 30.1 Å². The van der Waals surface area contributed by atoms with E-state index >= 15 is 0 Å². The van der Waals surface area contributed by atoms with Crippen LogP contribution in [-0.2, 0) is 4.79 Å². The van der Waals surface area contributed by atoms with Crippen LogP contribution in [0, 0.1) is 5.82 Å². The molecule has 0 radical (unpaired) electrons. The molecule has 8 nitrogen and oxygen atoms in total. The number of benzene rings is 1. The van der Waals surface area contributed by atoms with E-state index in [1.165, 1.54) is 24.3 Å². The Morgan fingerprint density at radius 3 is 2.63 bits per heavy atom. The molecule has 3 rings (SSSR count). The number of rotatable bonds is 6. The fourth-order valence-electron chi connectivity index (χ4n) is 3.39. The summed E-state index contributed by atoms with van der Waals surface area (Å²) in [5, 5.41) is 6.22. The zero-order valence-electron chi connectivity index (χ0n) is 15.3. The molecule has 1 unspecified atom stereocenters. The molecule has 0 aliphatic carbocycles. The second-order valence-corrected chi connectivity index (χ2v) is 6.80. The second kappa shape index (κ2) is 9.52. The lowest BCUT2D eigenvalue weighted by molar-refractivity contribution is -0.124. The third-order valence-corrected chi connectivity index (χ3v) is 4.90. The summed E-state index contributed by atoms with van der Waals surface area (Å²) in [6.07, 6.45) is 1.42. The molecule has 1 atom stereocenters. The van der Waals surface area contributed by atoms with Crippen molar-refractivity contribution in [3.8, 4) is 0 Å². The number of anilines is 1. The fourth-order valence-corrected chi connectivity index (χ4v) is 3.39. The van der Waals surface area contributed by atoms with Crippen molar-refractivity contribution in [1.82, 2.24) is 25.9 Å². The van der Waals surface area contributed by atoms with Gasteiger partial charge in [-0.3, -0.25) is 20.5 Å². The number of hydrogen-bond acceptors (Lipinski definition) is 5. The third-order valence-electron chi connectivity index (χ3n) is 4.90. The summed E-state index contributed by atoms with van der Waals surface area (Å²) in [7, 11) is 0. The number of hydrogen-bond donors (Lipinski definition) is 4. The number of piperazine rings is 1. The van der Waals surface area contributed by atoms with Gasteiger partial charge in [0.25, 0.3) is 5.91 Å². The van der Waals surface area contributed by atoms with E-state index in [1.807, 2.05) is 0 Å². The van der Waals surface area contributed by atoms with E-state index in [1.54, 1.807) is 4.90 Å². The van der Waals surface area contributed by atoms with Crippen LogP contribution in [0.2, 0.25) is 0 Å². The van der Waals surface area contributed by atoms with Crippen LogP contribution >= 0.6 is 0 Å². The molecule has 1 aromatic carbocycles. The Hall–Kier alpha value is -2.39. The van der Waals surface area contributed by atoms with Crippen LogP contribution in [-0.4, -0.2) is 73.6 Å². The molecule has 2 fully saturated rings. The van der Waals surface area contributed by atoms with Crippen molar-refractivity contribution in [1.29, 1.82) is 0 Å². The Morgan fingerprint density at radius 1 is 1.15 bits per heavy atom. The van der Waals surface area contributed by atoms with Crippen molar-refractivity contribution < 1.29 is 14.0 Å². The molecule has 4 N–H and O–H groups in total. The molecule has 148 valence electrons. The molecule has 0 bridgehead atoms. The van der Waals surface area contributed by atoms with Gasteiger partial charge in [0.1, 0.15) is 11.9 Å². The number of nitrogens with zero attached hydrogens (tertiary/aromatic N) is 2. The average Bonchev–Trinajstić information content (AvgIpc) is 3.18. The summed E-state index contributed by atoms with van der Waals surface area (Å²) in [5.74, 6) is -0.611. The highest BCUT2D eigenvalue weighted by atomic mass is 19.1. The smallest absolute Gasteiger partial charge is 0.318 e. The van der Waals surface area contributed by atoms with Crippen LogP contribution in [0.4, 0.5) is 14.9 Å². The van der Waals surface area contributed by atoms with Crippen molar-refractivity contribution in [2.24, 2.45) is 0 Å². The molecule has 3 amide bonds. The number of carbonyl (C=O) groups excluding carboxylic acids is 2. The van der Waals surface area contributed by atoms with Crippen LogP contribution in [0.25, 0.3) is 0 Å². The van der Waals surface area contributed by atoms with Gasteiger partial charge in [-0.2, -0.15) is 0 Å². The van der Waals surface area contributed by atoms with Crippen LogP contribution in [0.1, 0.15) is 12.8 Å². The molecular formula is C18H27FN6O2. The van der Waals surface area contributed by atoms with E-state index in [0.29, 0.717) is 25.2 Å². The maximum atomic E-state index is 12.9. The molecule has 9 heteroatoms. The van der Waals surface area contributed by atoms with E-state index in [9.17, 15) is 14.0 Å². The van der Waals surface area contributed by atoms with Gasteiger partial charge in [-0.05, 0) is 37.1 Å². The lowest BCUT2D eigenvalue weighted by atomic mass is 10.2. The van der Waals surface area contributed by atoms with Gasteiger partial charge < -0.3 is 15.5 Å². The van der Waals surface area contributed by atoms with E-state index < -0.39 is 6.04 Å². The molecular weight excluding hydrogens is 351 g/mol. The molecule has 2 aliphatic rings. The molecule has 0 saturated carbocycles. The minimum atomic E-state index is -0.503. The number of nitrogens with one attached hydrogen (secondary N) is 4. The second-order valence-electron chi connectivity index (χ2n) is 6.80. The molecule has 2 heterocycles. The lowest BCUT2D eigenvalue weighted by Crippen LogP contribution is -2.52. The highest BCUT2D eigenvalue weighted by molar-refractivity contribution is 5.88. The average molecular weight is 378 g/mol. The summed E-state index contributed by atoms with van der Waals surface area (Å²) in [6.45, 7) is 5.86. The quantitative estimate of drug-likeness (QED) is 0.537. The summed E-state index contributed by atoms with van der Waals surface area (Å²) in [5.41, 5.74) is 5.94. The van der Waals surface area contributed by atoms with Crippen molar-refractivity contribution in [2.75, 3.05) is 51.2 Å². The van der Waals surface area contributed by atoms with Gasteiger partial charge >= 0.3 is 6.03 Å². The summed E-state index contributed by atoms with van der Waals surface area (Å²) in [4.78, 5) is 28.8. The predicted molar refractivity (Wildman–Crippen MR) is 101 cm³/mol. The Kier molecular flexibility index (Phi) is 6.83. The minimum Gasteiger partial charge on any atom is -0.337 e. The molecule has 2 aliphatic heterocycles. The standard InChI is InChI=1S/C18H27FN6O2/c19-14-3-5-15(6-4-14)22-23-17(26)16-2-1-10-25(16)18(27)21-9-13-24-11-7-20-8-12-24/h3-6,16,20,22H,1-2,7-13H2,(H,21,27)(H,23,26). The molecule has 0 spiro atoms. The Morgan fingerprint density at radius 2 is 1.89 bits per heavy atom. The van der Waals surface area contributed by atoms with Crippen LogP contribution < -0.4 is 21.5 Å². The Balaban J connectivity index is 1.43. The van der Waals surface area contributed by atoms with E-state index in [4.69, 9.17) is 0 Å². The van der Waals surface area contributed by atoms with Crippen molar-refractivity contribution in [2.45, 2.75) is 18.9 Å². The van der Waals surface area contributed by atoms with Gasteiger partial charge in [-0.15, -0.1) is 0 Å². The normalized spacial score (nSPS) is 20.3. The monoisotopic (exact) mass is 378 g/mol. The van der Waals surface area contributed by atoms with Gasteiger partial charge in [-0.1, -0.05) is 0 Å². The number of amides is 3. The van der Waals surface area contributed by atoms with E-state index in [-0.39, 0.29) is 17.8 Å². The predicted octanol–water partition coefficient (Wildman–Crippen LogP) is 0.348. The largest absolute Gasteiger partial charge is 0.337 e. The van der Waals surface area contributed by atoms with Crippen molar-refractivity contribution in [3.63, 3.8) is 0 Å². The maximum Gasteiger partial charge on any atom is 0.318 e. The fraction of sp³-hybridized carbons (Fsp3) is 0.556. The first-order valence-corrected chi connectivity index (χ1v) is 9.42. The first-order chi connectivity index (χ1) is 13.1. The molecule has 27 heavy (non-hydrogen) atoms. The number of carbonyl (C=O) groups is 2. The van der Waals surface area contributed by atoms with Crippen LogP contribution in [0.5, 0.6) is 0 Å². The van der Waals surface area contributed by atoms with Gasteiger partial charge in [-0.25, -0.2) is 9.18 Å². The lowest BCUT2D eigenvalue weighted by Gasteiger charge is -2.28. The van der Waals surface area contributed by atoms with Gasteiger partial charge in [0, 0.05) is 45.8 Å². The van der Waals surface area contributed by atoms with E-state index in [0.717, 1.165) is 39.1 Å². The summed E-state index contributed by atoms with van der Waals surface area (Å²) >= 11 is 0.